The number of amides is 1. The summed E-state index contributed by atoms with van der Waals surface area (Å²) in [4.78, 5) is 32.7. The summed E-state index contributed by atoms with van der Waals surface area (Å²) in [6, 6.07) is 0.295. The van der Waals surface area contributed by atoms with Crippen LogP contribution in [0.1, 0.15) is 15.9 Å². The summed E-state index contributed by atoms with van der Waals surface area (Å²) >= 11 is 0. The lowest BCUT2D eigenvalue weighted by Gasteiger charge is -2.11. The fraction of sp³-hybridized carbons (Fsp3) is 0.222. The van der Waals surface area contributed by atoms with Crippen molar-refractivity contribution < 1.29 is 27.9 Å². The van der Waals surface area contributed by atoms with Crippen LogP contribution < -0.4 is 11.3 Å². The summed E-state index contributed by atoms with van der Waals surface area (Å²) < 4.78 is 37.7. The van der Waals surface area contributed by atoms with Crippen LogP contribution >= 0.6 is 0 Å². The largest absolute Gasteiger partial charge is 0.480 e. The second kappa shape index (κ2) is 4.51. The number of aromatic nitrogens is 1. The SMILES string of the molecule is NC(=O)c1cc(C(F)(F)F)cn(CC(=O)O)c1=O. The third-order valence-corrected chi connectivity index (χ3v) is 1.98. The lowest BCUT2D eigenvalue weighted by atomic mass is 10.2. The minimum Gasteiger partial charge on any atom is -0.480 e. The Labute approximate surface area is 97.4 Å². The molecule has 6 nitrogen and oxygen atoms in total. The molecule has 98 valence electrons. The van der Waals surface area contributed by atoms with Crippen LogP contribution in [0.25, 0.3) is 0 Å². The molecule has 0 aliphatic heterocycles. The maximum absolute atomic E-state index is 12.5. The van der Waals surface area contributed by atoms with Crippen LogP contribution in [-0.2, 0) is 17.5 Å². The first kappa shape index (κ1) is 13.7. The Hall–Kier alpha value is -2.32. The molecule has 1 amide bonds. The van der Waals surface area contributed by atoms with E-state index in [4.69, 9.17) is 10.8 Å². The molecule has 1 heterocycles. The Morgan fingerprint density at radius 3 is 2.33 bits per heavy atom. The van der Waals surface area contributed by atoms with Crippen molar-refractivity contribution in [2.75, 3.05) is 0 Å². The van der Waals surface area contributed by atoms with Crippen molar-refractivity contribution in [2.45, 2.75) is 12.7 Å². The number of hydrogen-bond donors (Lipinski definition) is 2. The number of carboxylic acid groups (broad SMARTS) is 1. The van der Waals surface area contributed by atoms with Gasteiger partial charge in [-0.25, -0.2) is 0 Å². The van der Waals surface area contributed by atoms with Crippen molar-refractivity contribution in [2.24, 2.45) is 5.73 Å². The Morgan fingerprint density at radius 2 is 1.94 bits per heavy atom. The van der Waals surface area contributed by atoms with E-state index in [1.165, 1.54) is 0 Å². The quantitative estimate of drug-likeness (QED) is 0.805. The summed E-state index contributed by atoms with van der Waals surface area (Å²) in [7, 11) is 0. The second-order valence-electron chi connectivity index (χ2n) is 3.33. The van der Waals surface area contributed by atoms with Crippen LogP contribution in [0.5, 0.6) is 0 Å². The van der Waals surface area contributed by atoms with E-state index in [0.29, 0.717) is 12.3 Å². The number of carbonyl (C=O) groups is 2. The fourth-order valence-corrected chi connectivity index (χ4v) is 1.23. The number of aliphatic carboxylic acids is 1. The molecule has 1 aromatic rings. The third-order valence-electron chi connectivity index (χ3n) is 1.98. The van der Waals surface area contributed by atoms with E-state index in [2.05, 4.69) is 0 Å². The molecule has 0 spiro atoms. The third kappa shape index (κ3) is 2.87. The molecule has 0 saturated heterocycles. The highest BCUT2D eigenvalue weighted by atomic mass is 19.4. The van der Waals surface area contributed by atoms with Gasteiger partial charge in [-0.2, -0.15) is 13.2 Å². The van der Waals surface area contributed by atoms with Crippen LogP contribution in [-0.4, -0.2) is 21.6 Å². The van der Waals surface area contributed by atoms with E-state index < -0.39 is 41.3 Å². The Bertz CT molecular complexity index is 562. The summed E-state index contributed by atoms with van der Waals surface area (Å²) in [6.07, 6.45) is -4.50. The zero-order valence-electron chi connectivity index (χ0n) is 8.69. The topological polar surface area (TPSA) is 102 Å². The van der Waals surface area contributed by atoms with Gasteiger partial charge in [0.25, 0.3) is 11.5 Å². The Balaban J connectivity index is 3.52. The summed E-state index contributed by atoms with van der Waals surface area (Å²) in [5, 5.41) is 8.46. The normalized spacial score (nSPS) is 11.3. The van der Waals surface area contributed by atoms with Crippen LogP contribution in [0.2, 0.25) is 0 Å². The Kier molecular flexibility index (Phi) is 3.44. The zero-order valence-corrected chi connectivity index (χ0v) is 8.69. The maximum atomic E-state index is 12.5. The molecule has 0 saturated carbocycles. The van der Waals surface area contributed by atoms with Gasteiger partial charge in [-0.3, -0.25) is 14.4 Å². The number of carbonyl (C=O) groups excluding carboxylic acids is 1. The molecule has 0 unspecified atom stereocenters. The minimum absolute atomic E-state index is 0.269. The van der Waals surface area contributed by atoms with E-state index in [-0.39, 0.29) is 4.57 Å². The maximum Gasteiger partial charge on any atom is 0.417 e. The van der Waals surface area contributed by atoms with Gasteiger partial charge in [-0.1, -0.05) is 0 Å². The van der Waals surface area contributed by atoms with Crippen molar-refractivity contribution in [3.63, 3.8) is 0 Å². The van der Waals surface area contributed by atoms with Gasteiger partial charge in [-0.05, 0) is 6.07 Å². The van der Waals surface area contributed by atoms with Gasteiger partial charge in [0.05, 0.1) is 5.56 Å². The molecule has 0 aromatic carbocycles. The van der Waals surface area contributed by atoms with Gasteiger partial charge >= 0.3 is 12.1 Å². The molecule has 0 atom stereocenters. The number of hydrogen-bond acceptors (Lipinski definition) is 3. The molecule has 0 aliphatic rings. The lowest BCUT2D eigenvalue weighted by Crippen LogP contribution is -2.32. The molecule has 0 aliphatic carbocycles. The highest BCUT2D eigenvalue weighted by molar-refractivity contribution is 5.92. The molecule has 1 aromatic heterocycles. The molecular weight excluding hydrogens is 257 g/mol. The van der Waals surface area contributed by atoms with Crippen molar-refractivity contribution >= 4 is 11.9 Å². The van der Waals surface area contributed by atoms with E-state index in [1.54, 1.807) is 0 Å². The Morgan fingerprint density at radius 1 is 1.39 bits per heavy atom. The smallest absolute Gasteiger partial charge is 0.417 e. The average molecular weight is 264 g/mol. The van der Waals surface area contributed by atoms with Crippen LogP contribution in [0.15, 0.2) is 17.1 Å². The van der Waals surface area contributed by atoms with Gasteiger partial charge in [0, 0.05) is 6.20 Å². The average Bonchev–Trinajstić information content (AvgIpc) is 2.18. The van der Waals surface area contributed by atoms with Crippen molar-refractivity contribution in [3.8, 4) is 0 Å². The lowest BCUT2D eigenvalue weighted by molar-refractivity contribution is -0.140. The number of alkyl halides is 3. The van der Waals surface area contributed by atoms with Gasteiger partial charge in [0.15, 0.2) is 0 Å². The number of nitrogens with zero attached hydrogens (tertiary/aromatic N) is 1. The number of carboxylic acids is 1. The second-order valence-corrected chi connectivity index (χ2v) is 3.33. The molecule has 18 heavy (non-hydrogen) atoms. The van der Waals surface area contributed by atoms with Crippen LogP contribution in [0.4, 0.5) is 13.2 Å². The number of nitrogens with two attached hydrogens (primary N) is 1. The molecular formula is C9H7F3N2O4. The van der Waals surface area contributed by atoms with Gasteiger partial charge < -0.3 is 15.4 Å². The first-order chi connectivity index (χ1) is 8.12. The van der Waals surface area contributed by atoms with Crippen LogP contribution in [0, 0.1) is 0 Å². The first-order valence-corrected chi connectivity index (χ1v) is 4.46. The van der Waals surface area contributed by atoms with Crippen molar-refractivity contribution in [3.05, 3.63) is 33.7 Å². The standard InChI is InChI=1S/C9H7F3N2O4/c10-9(11,12)4-1-5(7(13)17)8(18)14(2-4)3-6(15)16/h1-2H,3H2,(H2,13,17)(H,15,16). The van der Waals surface area contributed by atoms with E-state index in [9.17, 15) is 27.6 Å². The highest BCUT2D eigenvalue weighted by Crippen LogP contribution is 2.28. The summed E-state index contributed by atoms with van der Waals surface area (Å²) in [6.45, 7) is -0.997. The number of pyridine rings is 1. The van der Waals surface area contributed by atoms with E-state index >= 15 is 0 Å². The van der Waals surface area contributed by atoms with Crippen molar-refractivity contribution in [1.82, 2.24) is 4.57 Å². The molecule has 0 radical (unpaired) electrons. The minimum atomic E-state index is -4.82. The zero-order chi connectivity index (χ0) is 14.1. The van der Waals surface area contributed by atoms with Gasteiger partial charge in [0.2, 0.25) is 0 Å². The van der Waals surface area contributed by atoms with E-state index in [0.717, 1.165) is 0 Å². The number of rotatable bonds is 3. The highest BCUT2D eigenvalue weighted by Gasteiger charge is 2.33. The molecule has 0 fully saturated rings. The molecule has 3 N–H and O–H groups in total. The number of halogens is 3. The predicted octanol–water partition coefficient (Wildman–Crippen LogP) is 0.0506. The summed E-state index contributed by atoms with van der Waals surface area (Å²) in [5.41, 5.74) is 1.34. The van der Waals surface area contributed by atoms with E-state index in [1.807, 2.05) is 0 Å². The monoisotopic (exact) mass is 264 g/mol. The van der Waals surface area contributed by atoms with Gasteiger partial charge in [-0.15, -0.1) is 0 Å². The summed E-state index contributed by atoms with van der Waals surface area (Å²) in [5.74, 6) is -2.88. The molecule has 0 bridgehead atoms. The van der Waals surface area contributed by atoms with Crippen LogP contribution in [0.3, 0.4) is 0 Å². The van der Waals surface area contributed by atoms with Crippen molar-refractivity contribution in [1.29, 1.82) is 0 Å². The molecule has 1 rings (SSSR count). The number of primary amides is 1. The van der Waals surface area contributed by atoms with Gasteiger partial charge in [0.1, 0.15) is 12.1 Å². The predicted molar refractivity (Wildman–Crippen MR) is 51.9 cm³/mol. The first-order valence-electron chi connectivity index (χ1n) is 4.46. The fourth-order valence-electron chi connectivity index (χ4n) is 1.23. The molecule has 9 heteroatoms.